The molecule has 6 rings (SSSR count). The summed E-state index contributed by atoms with van der Waals surface area (Å²) in [5.41, 5.74) is 5.40. The standard InChI is InChI=1S/C31H24N4/c1-3-10-22(11-4-1)27(23-12-5-2-6-13-23)21-33-31-26-15-7-8-16-29(26)34-30(35-31)25-17-18-28-24(20-25)14-9-19-32-28/h1-20,27H,21H2,(H,33,34,35). The lowest BCUT2D eigenvalue weighted by molar-refractivity contribution is 0.849. The quantitative estimate of drug-likeness (QED) is 0.293. The third-order valence-electron chi connectivity index (χ3n) is 6.34. The predicted molar refractivity (Wildman–Crippen MR) is 143 cm³/mol. The molecule has 0 amide bonds. The smallest absolute Gasteiger partial charge is 0.162 e. The topological polar surface area (TPSA) is 50.7 Å². The van der Waals surface area contributed by atoms with Gasteiger partial charge in [0.05, 0.1) is 11.0 Å². The lowest BCUT2D eigenvalue weighted by Gasteiger charge is -2.20. The molecule has 0 unspecified atom stereocenters. The molecule has 0 atom stereocenters. The number of hydrogen-bond donors (Lipinski definition) is 1. The molecule has 4 heteroatoms. The van der Waals surface area contributed by atoms with Crippen LogP contribution in [-0.4, -0.2) is 21.5 Å². The number of nitrogens with one attached hydrogen (secondary N) is 1. The predicted octanol–water partition coefficient (Wildman–Crippen LogP) is 7.09. The number of benzene rings is 4. The molecular formula is C31H24N4. The number of pyridine rings is 1. The Hall–Kier alpha value is -4.57. The summed E-state index contributed by atoms with van der Waals surface area (Å²) in [7, 11) is 0. The summed E-state index contributed by atoms with van der Waals surface area (Å²) in [6.45, 7) is 0.718. The number of rotatable bonds is 6. The zero-order chi connectivity index (χ0) is 23.5. The van der Waals surface area contributed by atoms with Gasteiger partial charge in [-0.25, -0.2) is 9.97 Å². The first-order chi connectivity index (χ1) is 17.3. The number of para-hydroxylation sites is 1. The van der Waals surface area contributed by atoms with Gasteiger partial charge in [0.15, 0.2) is 5.82 Å². The van der Waals surface area contributed by atoms with Crippen molar-refractivity contribution < 1.29 is 0 Å². The highest BCUT2D eigenvalue weighted by Crippen LogP contribution is 2.29. The monoisotopic (exact) mass is 452 g/mol. The normalized spacial score (nSPS) is 11.2. The largest absolute Gasteiger partial charge is 0.368 e. The zero-order valence-corrected chi connectivity index (χ0v) is 19.2. The second-order valence-corrected chi connectivity index (χ2v) is 8.58. The van der Waals surface area contributed by atoms with Crippen LogP contribution < -0.4 is 5.32 Å². The Bertz CT molecular complexity index is 1560. The lowest BCUT2D eigenvalue weighted by atomic mass is 9.91. The van der Waals surface area contributed by atoms with Crippen molar-refractivity contribution in [1.82, 2.24) is 15.0 Å². The summed E-state index contributed by atoms with van der Waals surface area (Å²) < 4.78 is 0. The molecule has 4 nitrogen and oxygen atoms in total. The number of nitrogens with zero attached hydrogens (tertiary/aromatic N) is 3. The highest BCUT2D eigenvalue weighted by molar-refractivity contribution is 5.91. The van der Waals surface area contributed by atoms with Gasteiger partial charge in [-0.05, 0) is 47.5 Å². The highest BCUT2D eigenvalue weighted by Gasteiger charge is 2.16. The van der Waals surface area contributed by atoms with Crippen molar-refractivity contribution >= 4 is 27.6 Å². The van der Waals surface area contributed by atoms with E-state index in [2.05, 4.69) is 89.2 Å². The number of fused-ring (bicyclic) bond motifs is 2. The van der Waals surface area contributed by atoms with E-state index in [1.165, 1.54) is 11.1 Å². The first-order valence-corrected chi connectivity index (χ1v) is 11.8. The zero-order valence-electron chi connectivity index (χ0n) is 19.2. The molecule has 0 aliphatic carbocycles. The molecule has 2 aromatic heterocycles. The van der Waals surface area contributed by atoms with Gasteiger partial charge in [-0.2, -0.15) is 0 Å². The van der Waals surface area contributed by atoms with Crippen molar-refractivity contribution in [3.8, 4) is 11.4 Å². The summed E-state index contributed by atoms with van der Waals surface area (Å²) in [4.78, 5) is 14.3. The molecule has 0 saturated heterocycles. The van der Waals surface area contributed by atoms with Crippen LogP contribution in [0.5, 0.6) is 0 Å². The van der Waals surface area contributed by atoms with Gasteiger partial charge in [-0.3, -0.25) is 4.98 Å². The molecule has 0 spiro atoms. The van der Waals surface area contributed by atoms with Crippen LogP contribution in [-0.2, 0) is 0 Å². The van der Waals surface area contributed by atoms with E-state index in [-0.39, 0.29) is 5.92 Å². The maximum Gasteiger partial charge on any atom is 0.162 e. The molecular weight excluding hydrogens is 428 g/mol. The Balaban J connectivity index is 1.40. The summed E-state index contributed by atoms with van der Waals surface area (Å²) in [6.07, 6.45) is 1.81. The molecule has 4 aromatic carbocycles. The molecule has 0 aliphatic heterocycles. The molecule has 1 N–H and O–H groups in total. The Kier molecular flexibility index (Phi) is 5.61. The second kappa shape index (κ2) is 9.35. The van der Waals surface area contributed by atoms with Crippen molar-refractivity contribution in [3.63, 3.8) is 0 Å². The molecule has 0 aliphatic rings. The van der Waals surface area contributed by atoms with E-state index in [9.17, 15) is 0 Å². The SMILES string of the molecule is c1ccc(C(CNc2nc(-c3ccc4ncccc4c3)nc3ccccc23)c2ccccc2)cc1. The molecule has 0 fully saturated rings. The fraction of sp³-hybridized carbons (Fsp3) is 0.0645. The molecule has 0 radical (unpaired) electrons. The van der Waals surface area contributed by atoms with Crippen molar-refractivity contribution in [1.29, 1.82) is 0 Å². The molecule has 2 heterocycles. The number of hydrogen-bond acceptors (Lipinski definition) is 4. The van der Waals surface area contributed by atoms with Gasteiger partial charge < -0.3 is 5.32 Å². The van der Waals surface area contributed by atoms with Crippen LogP contribution in [0, 0.1) is 0 Å². The van der Waals surface area contributed by atoms with Crippen LogP contribution in [0.15, 0.2) is 121 Å². The van der Waals surface area contributed by atoms with Gasteiger partial charge in [0, 0.05) is 35.0 Å². The summed E-state index contributed by atoms with van der Waals surface area (Å²) in [5, 5.41) is 5.75. The van der Waals surface area contributed by atoms with E-state index in [1.807, 2.05) is 42.6 Å². The van der Waals surface area contributed by atoms with Crippen LogP contribution in [0.2, 0.25) is 0 Å². The molecule has 0 bridgehead atoms. The van der Waals surface area contributed by atoms with Gasteiger partial charge in [-0.15, -0.1) is 0 Å². The van der Waals surface area contributed by atoms with Gasteiger partial charge in [0.1, 0.15) is 5.82 Å². The van der Waals surface area contributed by atoms with Crippen molar-refractivity contribution in [2.45, 2.75) is 5.92 Å². The second-order valence-electron chi connectivity index (χ2n) is 8.58. The van der Waals surface area contributed by atoms with Gasteiger partial charge >= 0.3 is 0 Å². The number of anilines is 1. The highest BCUT2D eigenvalue weighted by atomic mass is 15.0. The average molecular weight is 453 g/mol. The summed E-state index contributed by atoms with van der Waals surface area (Å²) >= 11 is 0. The van der Waals surface area contributed by atoms with Gasteiger partial charge in [-0.1, -0.05) is 78.9 Å². The van der Waals surface area contributed by atoms with E-state index >= 15 is 0 Å². The van der Waals surface area contributed by atoms with Gasteiger partial charge in [0.2, 0.25) is 0 Å². The minimum atomic E-state index is 0.196. The lowest BCUT2D eigenvalue weighted by Crippen LogP contribution is -2.15. The minimum absolute atomic E-state index is 0.196. The van der Waals surface area contributed by atoms with E-state index in [0.29, 0.717) is 5.82 Å². The van der Waals surface area contributed by atoms with Gasteiger partial charge in [0.25, 0.3) is 0 Å². The molecule has 168 valence electrons. The summed E-state index contributed by atoms with van der Waals surface area (Å²) in [5.74, 6) is 1.74. The van der Waals surface area contributed by atoms with Crippen LogP contribution in [0.3, 0.4) is 0 Å². The average Bonchev–Trinajstić information content (AvgIpc) is 2.94. The number of aromatic nitrogens is 3. The Labute approximate surface area is 204 Å². The first-order valence-electron chi connectivity index (χ1n) is 11.8. The Morgan fingerprint density at radius 1 is 0.629 bits per heavy atom. The minimum Gasteiger partial charge on any atom is -0.368 e. The van der Waals surface area contributed by atoms with E-state index in [0.717, 1.165) is 39.7 Å². The van der Waals surface area contributed by atoms with E-state index < -0.39 is 0 Å². The van der Waals surface area contributed by atoms with Crippen LogP contribution in [0.4, 0.5) is 5.82 Å². The molecule has 0 saturated carbocycles. The third kappa shape index (κ3) is 4.34. The van der Waals surface area contributed by atoms with Crippen molar-refractivity contribution in [3.05, 3.63) is 133 Å². The fourth-order valence-corrected chi connectivity index (χ4v) is 4.55. The van der Waals surface area contributed by atoms with E-state index in [1.54, 1.807) is 0 Å². The maximum absolute atomic E-state index is 4.99. The van der Waals surface area contributed by atoms with Crippen molar-refractivity contribution in [2.75, 3.05) is 11.9 Å². The Morgan fingerprint density at radius 3 is 2.11 bits per heavy atom. The first kappa shape index (κ1) is 21.0. The van der Waals surface area contributed by atoms with Crippen LogP contribution in [0.25, 0.3) is 33.2 Å². The molecule has 6 aromatic rings. The maximum atomic E-state index is 4.99. The molecule has 35 heavy (non-hydrogen) atoms. The van der Waals surface area contributed by atoms with E-state index in [4.69, 9.17) is 9.97 Å². The van der Waals surface area contributed by atoms with Crippen molar-refractivity contribution in [2.24, 2.45) is 0 Å². The Morgan fingerprint density at radius 2 is 1.34 bits per heavy atom. The summed E-state index contributed by atoms with van der Waals surface area (Å²) in [6, 6.07) is 39.6. The van der Waals surface area contributed by atoms with Crippen LogP contribution in [0.1, 0.15) is 17.0 Å². The third-order valence-corrected chi connectivity index (χ3v) is 6.34. The fourth-order valence-electron chi connectivity index (χ4n) is 4.55. The van der Waals surface area contributed by atoms with Crippen LogP contribution >= 0.6 is 0 Å².